The Labute approximate surface area is 227 Å². The van der Waals surface area contributed by atoms with Gasteiger partial charge in [-0.25, -0.2) is 0 Å². The van der Waals surface area contributed by atoms with Crippen molar-refractivity contribution in [2.45, 2.75) is 18.9 Å². The normalized spacial score (nSPS) is 16.0. The summed E-state index contributed by atoms with van der Waals surface area (Å²) in [5.74, 6) is -0.871. The van der Waals surface area contributed by atoms with E-state index in [2.05, 4.69) is 20.4 Å². The van der Waals surface area contributed by atoms with Crippen LogP contribution in [0.25, 0.3) is 0 Å². The second-order valence-electron chi connectivity index (χ2n) is 9.36. The van der Waals surface area contributed by atoms with Gasteiger partial charge in [0.1, 0.15) is 24.7 Å². The number of benzene rings is 2. The Morgan fingerprint density at radius 3 is 2.41 bits per heavy atom. The lowest BCUT2D eigenvalue weighted by Gasteiger charge is -2.35. The van der Waals surface area contributed by atoms with Gasteiger partial charge in [-0.3, -0.25) is 29.0 Å². The number of ether oxygens (including phenoxy) is 1. The van der Waals surface area contributed by atoms with Crippen LogP contribution in [-0.4, -0.2) is 98.7 Å². The average molecular weight is 536 g/mol. The van der Waals surface area contributed by atoms with Gasteiger partial charge in [0.15, 0.2) is 0 Å². The fourth-order valence-electron chi connectivity index (χ4n) is 4.80. The molecule has 2 aliphatic heterocycles. The summed E-state index contributed by atoms with van der Waals surface area (Å²) in [6, 6.07) is 13.5. The first kappa shape index (κ1) is 27.8. The van der Waals surface area contributed by atoms with E-state index in [1.54, 1.807) is 18.2 Å². The molecule has 0 aliphatic carbocycles. The first-order valence-electron chi connectivity index (χ1n) is 13.0. The van der Waals surface area contributed by atoms with E-state index >= 15 is 0 Å². The van der Waals surface area contributed by atoms with Crippen molar-refractivity contribution in [1.82, 2.24) is 20.4 Å². The minimum absolute atomic E-state index is 0.0561. The van der Waals surface area contributed by atoms with E-state index in [0.29, 0.717) is 45.6 Å². The van der Waals surface area contributed by atoms with Gasteiger partial charge in [-0.15, -0.1) is 0 Å². The molecule has 2 N–H and O–H groups in total. The smallest absolute Gasteiger partial charge is 0.262 e. The van der Waals surface area contributed by atoms with Gasteiger partial charge in [0, 0.05) is 45.3 Å². The molecule has 0 spiro atoms. The van der Waals surface area contributed by atoms with Crippen LogP contribution < -0.4 is 20.3 Å². The summed E-state index contributed by atoms with van der Waals surface area (Å²) in [5, 5.41) is 5.35. The van der Waals surface area contributed by atoms with E-state index in [4.69, 9.17) is 4.74 Å². The van der Waals surface area contributed by atoms with Crippen molar-refractivity contribution in [1.29, 1.82) is 0 Å². The summed E-state index contributed by atoms with van der Waals surface area (Å²) in [4.78, 5) is 66.9. The monoisotopic (exact) mass is 535 g/mol. The summed E-state index contributed by atoms with van der Waals surface area (Å²) in [6.07, 6.45) is 0.785. The fourth-order valence-corrected chi connectivity index (χ4v) is 4.80. The molecular formula is C28H33N5O6. The van der Waals surface area contributed by atoms with Crippen molar-refractivity contribution in [3.05, 3.63) is 59.7 Å². The number of rotatable bonds is 12. The number of hydrogen-bond acceptors (Lipinski definition) is 8. The number of imide groups is 1. The van der Waals surface area contributed by atoms with Crippen molar-refractivity contribution >= 4 is 35.6 Å². The molecule has 11 nitrogen and oxygen atoms in total. The fraction of sp³-hybridized carbons (Fsp3) is 0.393. The maximum absolute atomic E-state index is 13.2. The highest BCUT2D eigenvalue weighted by molar-refractivity contribution is 6.23. The third-order valence-electron chi connectivity index (χ3n) is 6.86. The van der Waals surface area contributed by atoms with Gasteiger partial charge < -0.3 is 25.1 Å². The van der Waals surface area contributed by atoms with Gasteiger partial charge in [0.25, 0.3) is 11.8 Å². The van der Waals surface area contributed by atoms with E-state index < -0.39 is 23.8 Å². The largest absolute Gasteiger partial charge is 0.492 e. The van der Waals surface area contributed by atoms with Crippen LogP contribution in [0.5, 0.6) is 5.75 Å². The number of nitrogens with one attached hydrogen (secondary N) is 2. The van der Waals surface area contributed by atoms with Crippen LogP contribution in [0, 0.1) is 0 Å². The summed E-state index contributed by atoms with van der Waals surface area (Å²) < 4.78 is 5.59. The zero-order valence-corrected chi connectivity index (χ0v) is 21.9. The zero-order valence-electron chi connectivity index (χ0n) is 21.9. The minimum Gasteiger partial charge on any atom is -0.492 e. The van der Waals surface area contributed by atoms with Crippen molar-refractivity contribution in [3.8, 4) is 5.75 Å². The molecule has 1 saturated heterocycles. The molecule has 1 fully saturated rings. The van der Waals surface area contributed by atoms with Gasteiger partial charge in [0.05, 0.1) is 24.2 Å². The number of anilines is 1. The number of likely N-dealkylation sites (N-methyl/N-ethyl adjacent to an activating group) is 1. The van der Waals surface area contributed by atoms with E-state index in [1.807, 2.05) is 30.3 Å². The Hall–Kier alpha value is -4.25. The van der Waals surface area contributed by atoms with E-state index in [-0.39, 0.29) is 36.4 Å². The van der Waals surface area contributed by atoms with Crippen LogP contribution in [0.4, 0.5) is 5.69 Å². The van der Waals surface area contributed by atoms with Crippen LogP contribution in [0.2, 0.25) is 0 Å². The lowest BCUT2D eigenvalue weighted by atomic mass is 10.1. The Morgan fingerprint density at radius 1 is 1.00 bits per heavy atom. The maximum Gasteiger partial charge on any atom is 0.262 e. The lowest BCUT2D eigenvalue weighted by molar-refractivity contribution is -0.125. The topological polar surface area (TPSA) is 128 Å². The predicted octanol–water partition coefficient (Wildman–Crippen LogP) is 0.694. The number of carbonyl (C=O) groups is 5. The standard InChI is InChI=1S/C28H33N5O6/c1-29-26(36)24(8-5-16-34)33-27(37)22-10-9-20(18-23(22)28(33)38)32-14-12-31(13-15-32)19-25(35)30-11-17-39-21-6-3-2-4-7-21/h2-4,6-7,9-10,16,18,24H,5,8,11-15,17,19H2,1H3,(H,29,36)(H,30,35). The second-order valence-corrected chi connectivity index (χ2v) is 9.36. The van der Waals surface area contributed by atoms with E-state index in [1.165, 1.54) is 7.05 Å². The van der Waals surface area contributed by atoms with Crippen LogP contribution in [0.15, 0.2) is 48.5 Å². The maximum atomic E-state index is 13.2. The molecule has 2 heterocycles. The van der Waals surface area contributed by atoms with Gasteiger partial charge in [-0.1, -0.05) is 18.2 Å². The predicted molar refractivity (Wildman–Crippen MR) is 144 cm³/mol. The number of piperazine rings is 1. The highest BCUT2D eigenvalue weighted by atomic mass is 16.5. The number of fused-ring (bicyclic) bond motifs is 1. The molecule has 0 radical (unpaired) electrons. The number of para-hydroxylation sites is 1. The Kier molecular flexibility index (Phi) is 9.27. The van der Waals surface area contributed by atoms with Crippen molar-refractivity contribution in [2.24, 2.45) is 0 Å². The minimum atomic E-state index is -1.05. The highest BCUT2D eigenvalue weighted by Gasteiger charge is 2.42. The molecule has 206 valence electrons. The van der Waals surface area contributed by atoms with Gasteiger partial charge >= 0.3 is 0 Å². The van der Waals surface area contributed by atoms with Crippen LogP contribution in [0.3, 0.4) is 0 Å². The molecule has 4 rings (SSSR count). The molecule has 1 atom stereocenters. The van der Waals surface area contributed by atoms with Crippen LogP contribution >= 0.6 is 0 Å². The first-order valence-corrected chi connectivity index (χ1v) is 13.0. The molecule has 11 heteroatoms. The van der Waals surface area contributed by atoms with Crippen LogP contribution in [-0.2, 0) is 14.4 Å². The quantitative estimate of drug-likeness (QED) is 0.231. The molecule has 0 aromatic heterocycles. The van der Waals surface area contributed by atoms with Crippen molar-refractivity contribution < 1.29 is 28.7 Å². The van der Waals surface area contributed by atoms with Crippen molar-refractivity contribution in [2.75, 3.05) is 57.8 Å². The molecule has 2 aromatic carbocycles. The van der Waals surface area contributed by atoms with E-state index in [9.17, 15) is 24.0 Å². The molecule has 0 bridgehead atoms. The van der Waals surface area contributed by atoms with Gasteiger partial charge in [-0.05, 0) is 36.8 Å². The number of amides is 4. The Bertz CT molecular complexity index is 1210. The third-order valence-corrected chi connectivity index (χ3v) is 6.86. The number of carbonyl (C=O) groups excluding carboxylic acids is 5. The number of nitrogens with zero attached hydrogens (tertiary/aromatic N) is 3. The average Bonchev–Trinajstić information content (AvgIpc) is 3.21. The number of hydrogen-bond donors (Lipinski definition) is 2. The summed E-state index contributed by atoms with van der Waals surface area (Å²) in [6.45, 7) is 3.71. The highest BCUT2D eigenvalue weighted by Crippen LogP contribution is 2.30. The van der Waals surface area contributed by atoms with Crippen molar-refractivity contribution in [3.63, 3.8) is 0 Å². The molecule has 39 heavy (non-hydrogen) atoms. The molecule has 0 saturated carbocycles. The summed E-state index contributed by atoms with van der Waals surface area (Å²) in [7, 11) is 1.43. The molecule has 2 aliphatic rings. The molecule has 2 aromatic rings. The SMILES string of the molecule is CNC(=O)C(CCC=O)N1C(=O)c2ccc(N3CCN(CC(=O)NCCOc4ccccc4)CC3)cc2C1=O. The Balaban J connectivity index is 1.29. The first-order chi connectivity index (χ1) is 18.9. The summed E-state index contributed by atoms with van der Waals surface area (Å²) >= 11 is 0. The molecule has 1 unspecified atom stereocenters. The zero-order chi connectivity index (χ0) is 27.8. The van der Waals surface area contributed by atoms with E-state index in [0.717, 1.165) is 16.3 Å². The summed E-state index contributed by atoms with van der Waals surface area (Å²) in [5.41, 5.74) is 1.29. The molecule has 4 amide bonds. The number of aldehydes is 1. The van der Waals surface area contributed by atoms with Gasteiger partial charge in [-0.2, -0.15) is 0 Å². The van der Waals surface area contributed by atoms with Crippen LogP contribution in [0.1, 0.15) is 33.6 Å². The molecular weight excluding hydrogens is 502 g/mol. The lowest BCUT2D eigenvalue weighted by Crippen LogP contribution is -2.49. The Morgan fingerprint density at radius 2 is 1.72 bits per heavy atom. The third kappa shape index (κ3) is 6.61. The second kappa shape index (κ2) is 13.0. The van der Waals surface area contributed by atoms with Gasteiger partial charge in [0.2, 0.25) is 11.8 Å².